The molecule has 1 atom stereocenters. The first-order valence-corrected chi connectivity index (χ1v) is 10.2. The number of aromatic nitrogens is 4. The molecular formula is C13H9ClIN4P. The second-order valence-corrected chi connectivity index (χ2v) is 6.46. The molecule has 2 aromatic heterocycles. The first-order chi connectivity index (χ1) is 9.74. The van der Waals surface area contributed by atoms with E-state index in [1.54, 1.807) is 12.3 Å². The highest BCUT2D eigenvalue weighted by molar-refractivity contribution is 14.2. The maximum atomic E-state index is 6.24. The third-order valence-electron chi connectivity index (χ3n) is 2.89. The van der Waals surface area contributed by atoms with Gasteiger partial charge in [-0.2, -0.15) is 5.10 Å². The number of rotatable bonds is 3. The van der Waals surface area contributed by atoms with Crippen LogP contribution in [0, 0.1) is 0 Å². The van der Waals surface area contributed by atoms with Gasteiger partial charge in [0.1, 0.15) is 0 Å². The first-order valence-electron chi connectivity index (χ1n) is 5.73. The Labute approximate surface area is 135 Å². The number of fused-ring (bicyclic) bond motifs is 1. The molecule has 0 bridgehead atoms. The third-order valence-corrected chi connectivity index (χ3v) is 5.06. The van der Waals surface area contributed by atoms with E-state index in [0.717, 1.165) is 16.5 Å². The molecule has 0 amide bonds. The van der Waals surface area contributed by atoms with E-state index in [4.69, 9.17) is 11.6 Å². The van der Waals surface area contributed by atoms with Gasteiger partial charge in [-0.3, -0.25) is 0 Å². The Kier molecular flexibility index (Phi) is 4.01. The average Bonchev–Trinajstić information content (AvgIpc) is 2.91. The molecule has 1 unspecified atom stereocenters. The number of halogens is 2. The minimum absolute atomic E-state index is 0.521. The van der Waals surface area contributed by atoms with E-state index < -0.39 is 0 Å². The lowest BCUT2D eigenvalue weighted by Crippen LogP contribution is -1.92. The Morgan fingerprint density at radius 3 is 2.95 bits per heavy atom. The molecule has 0 fully saturated rings. The van der Waals surface area contributed by atoms with Gasteiger partial charge < -0.3 is 0 Å². The zero-order valence-electron chi connectivity index (χ0n) is 10.2. The summed E-state index contributed by atoms with van der Waals surface area (Å²) >= 11 is 8.55. The molecule has 4 nitrogen and oxygen atoms in total. The van der Waals surface area contributed by atoms with E-state index >= 15 is 0 Å². The monoisotopic (exact) mass is 414 g/mol. The van der Waals surface area contributed by atoms with Crippen LogP contribution in [0.4, 0.5) is 0 Å². The average molecular weight is 415 g/mol. The highest BCUT2D eigenvalue weighted by atomic mass is 127. The molecule has 3 rings (SSSR count). The van der Waals surface area contributed by atoms with E-state index in [2.05, 4.69) is 43.7 Å². The number of hydrogen-bond donors (Lipinski definition) is 0. The maximum absolute atomic E-state index is 6.24. The lowest BCUT2D eigenvalue weighted by atomic mass is 10.1. The predicted molar refractivity (Wildman–Crippen MR) is 93.6 cm³/mol. The molecule has 0 aliphatic heterocycles. The fourth-order valence-electron chi connectivity index (χ4n) is 1.99. The highest BCUT2D eigenvalue weighted by Crippen LogP contribution is 2.35. The molecule has 0 saturated carbocycles. The Morgan fingerprint density at radius 1 is 1.35 bits per heavy atom. The Hall–Kier alpha value is -1.04. The van der Waals surface area contributed by atoms with Crippen molar-refractivity contribution in [1.29, 1.82) is 0 Å². The van der Waals surface area contributed by atoms with Crippen molar-refractivity contribution >= 4 is 57.0 Å². The van der Waals surface area contributed by atoms with E-state index in [0.29, 0.717) is 22.9 Å². The van der Waals surface area contributed by atoms with Gasteiger partial charge in [-0.15, -0.1) is 0 Å². The fraction of sp³-hybridized carbons (Fsp3) is 0. The summed E-state index contributed by atoms with van der Waals surface area (Å²) in [4.78, 5) is 8.55. The van der Waals surface area contributed by atoms with Crippen LogP contribution in [0.25, 0.3) is 28.2 Å². The van der Waals surface area contributed by atoms with Crippen LogP contribution in [0.3, 0.4) is 0 Å². The fourth-order valence-corrected chi connectivity index (χ4v) is 3.73. The van der Waals surface area contributed by atoms with Crippen molar-refractivity contribution in [2.45, 2.75) is 0 Å². The van der Waals surface area contributed by atoms with Crippen molar-refractivity contribution in [1.82, 2.24) is 19.5 Å². The van der Waals surface area contributed by atoms with Gasteiger partial charge in [0.2, 0.25) is 0 Å². The second kappa shape index (κ2) is 5.76. The maximum Gasteiger partial charge on any atom is 0.151 e. The van der Waals surface area contributed by atoms with Crippen molar-refractivity contribution < 1.29 is 0 Å². The van der Waals surface area contributed by atoms with Crippen LogP contribution in [0.1, 0.15) is 5.82 Å². The summed E-state index contributed by atoms with van der Waals surface area (Å²) < 4.78 is 1.96. The van der Waals surface area contributed by atoms with Gasteiger partial charge in [-0.05, 0) is 34.2 Å². The number of hydrogen-bond acceptors (Lipinski definition) is 3. The van der Waals surface area contributed by atoms with Crippen molar-refractivity contribution in [2.24, 2.45) is 0 Å². The summed E-state index contributed by atoms with van der Waals surface area (Å²) in [6.45, 7) is 3.69. The third kappa shape index (κ3) is 2.34. The molecule has 7 heteroatoms. The van der Waals surface area contributed by atoms with Crippen LogP contribution < -0.4 is 0 Å². The Morgan fingerprint density at radius 2 is 2.20 bits per heavy atom. The van der Waals surface area contributed by atoms with Crippen LogP contribution in [0.2, 0.25) is 5.02 Å². The lowest BCUT2D eigenvalue weighted by molar-refractivity contribution is 1.04. The van der Waals surface area contributed by atoms with Gasteiger partial charge in [0.15, 0.2) is 5.82 Å². The van der Waals surface area contributed by atoms with Crippen LogP contribution in [0.5, 0.6) is 0 Å². The minimum atomic E-state index is 0.521. The van der Waals surface area contributed by atoms with Crippen LogP contribution in [0.15, 0.2) is 37.2 Å². The van der Waals surface area contributed by atoms with Gasteiger partial charge in [0, 0.05) is 10.9 Å². The zero-order valence-corrected chi connectivity index (χ0v) is 14.1. The van der Waals surface area contributed by atoms with Crippen LogP contribution in [-0.4, -0.2) is 19.5 Å². The molecule has 2 heterocycles. The quantitative estimate of drug-likeness (QED) is 0.465. The van der Waals surface area contributed by atoms with E-state index in [1.807, 2.05) is 28.8 Å². The largest absolute Gasteiger partial charge is 0.237 e. The van der Waals surface area contributed by atoms with Crippen molar-refractivity contribution in [3.8, 4) is 11.3 Å². The van der Waals surface area contributed by atoms with E-state index in [9.17, 15) is 0 Å². The first kappa shape index (κ1) is 13.9. The summed E-state index contributed by atoms with van der Waals surface area (Å²) in [6, 6.07) is 6.02. The summed E-state index contributed by atoms with van der Waals surface area (Å²) in [5.74, 6) is 0.560. The summed E-state index contributed by atoms with van der Waals surface area (Å²) in [5, 5.41) is 5.94. The Balaban J connectivity index is 2.29. The van der Waals surface area contributed by atoms with Gasteiger partial charge in [-0.1, -0.05) is 30.3 Å². The van der Waals surface area contributed by atoms with Gasteiger partial charge in [-0.25, -0.2) is 14.4 Å². The summed E-state index contributed by atoms with van der Waals surface area (Å²) in [5.41, 5.74) is 2.74. The minimum Gasteiger partial charge on any atom is -0.237 e. The van der Waals surface area contributed by atoms with Crippen LogP contribution in [-0.2, 0) is 0 Å². The summed E-state index contributed by atoms with van der Waals surface area (Å²) in [6.07, 6.45) is 5.61. The molecular weight excluding hydrogens is 406 g/mol. The normalized spacial score (nSPS) is 11.5. The molecule has 100 valence electrons. The van der Waals surface area contributed by atoms with Gasteiger partial charge >= 0.3 is 0 Å². The van der Waals surface area contributed by atoms with Gasteiger partial charge in [0.05, 0.1) is 35.0 Å². The van der Waals surface area contributed by atoms with Crippen molar-refractivity contribution in [3.63, 3.8) is 0 Å². The molecule has 3 aromatic rings. The standard InChI is InChI=1S/C13H9ClIN4P/c1-2-12-16-7-10(14)13(18-12)8-4-3-5-11-9(8)6-17-19(11)20-15/h2-7,20H,1H2. The van der Waals surface area contributed by atoms with E-state index in [1.165, 1.54) is 0 Å². The van der Waals surface area contributed by atoms with E-state index in [-0.39, 0.29) is 0 Å². The SMILES string of the molecule is C=Cc1ncc(Cl)c(-c2cccc3c2cnn3PI)n1. The highest BCUT2D eigenvalue weighted by Gasteiger charge is 2.13. The molecule has 0 saturated heterocycles. The zero-order chi connectivity index (χ0) is 14.1. The Bertz CT molecular complexity index is 802. The molecule has 0 spiro atoms. The number of benzene rings is 1. The molecule has 0 N–H and O–H groups in total. The van der Waals surface area contributed by atoms with Crippen molar-refractivity contribution in [2.75, 3.05) is 0 Å². The molecule has 0 aliphatic rings. The molecule has 1 aromatic carbocycles. The topological polar surface area (TPSA) is 43.6 Å². The lowest BCUT2D eigenvalue weighted by Gasteiger charge is -2.06. The van der Waals surface area contributed by atoms with Gasteiger partial charge in [0.25, 0.3) is 0 Å². The molecule has 20 heavy (non-hydrogen) atoms. The van der Waals surface area contributed by atoms with Crippen molar-refractivity contribution in [3.05, 3.63) is 48.0 Å². The predicted octanol–water partition coefficient (Wildman–Crippen LogP) is 4.58. The molecule has 0 aliphatic carbocycles. The van der Waals surface area contributed by atoms with Crippen LogP contribution >= 0.6 is 40.0 Å². The smallest absolute Gasteiger partial charge is 0.151 e. The second-order valence-electron chi connectivity index (χ2n) is 4.01. The summed E-state index contributed by atoms with van der Waals surface area (Å²) in [7, 11) is 0. The molecule has 0 radical (unpaired) electrons. The number of nitrogens with zero attached hydrogens (tertiary/aromatic N) is 4.